The first-order valence-electron chi connectivity index (χ1n) is 5.52. The molecule has 2 heterocycles. The molecule has 2 aromatic heterocycles. The predicted molar refractivity (Wildman–Crippen MR) is 67.9 cm³/mol. The molecule has 0 aliphatic rings. The largest absolute Gasteiger partial charge is 0.469 e. The molecule has 16 heavy (non-hydrogen) atoms. The van der Waals surface area contributed by atoms with Crippen molar-refractivity contribution in [1.29, 1.82) is 0 Å². The highest BCUT2D eigenvalue weighted by molar-refractivity contribution is 7.12. The lowest BCUT2D eigenvalue weighted by Gasteiger charge is -2.10. The van der Waals surface area contributed by atoms with Crippen LogP contribution in [0.5, 0.6) is 0 Å². The zero-order valence-corrected chi connectivity index (χ0v) is 10.7. The van der Waals surface area contributed by atoms with Crippen LogP contribution < -0.4 is 5.73 Å². The normalized spacial score (nSPS) is 13.0. The molecule has 0 fully saturated rings. The smallest absolute Gasteiger partial charge is 0.108 e. The third-order valence-electron chi connectivity index (χ3n) is 2.80. The first kappa shape index (κ1) is 11.4. The van der Waals surface area contributed by atoms with Gasteiger partial charge in [0.05, 0.1) is 12.3 Å². The molecule has 2 N–H and O–H groups in total. The van der Waals surface area contributed by atoms with Crippen LogP contribution in [0.25, 0.3) is 0 Å². The lowest BCUT2D eigenvalue weighted by atomic mass is 10.0. The zero-order valence-electron chi connectivity index (χ0n) is 9.91. The van der Waals surface area contributed by atoms with Crippen LogP contribution in [0.1, 0.15) is 39.6 Å². The number of nitrogens with two attached hydrogens (primary N) is 1. The molecule has 2 rings (SSSR count). The molecule has 0 aromatic carbocycles. The molecule has 3 heteroatoms. The molecule has 0 aliphatic carbocycles. The van der Waals surface area contributed by atoms with Gasteiger partial charge in [-0.25, -0.2) is 0 Å². The molecule has 0 bridgehead atoms. The Bertz CT molecular complexity index is 484. The maximum absolute atomic E-state index is 6.30. The Morgan fingerprint density at radius 2 is 2.19 bits per heavy atom. The lowest BCUT2D eigenvalue weighted by Crippen LogP contribution is -2.12. The molecule has 0 saturated heterocycles. The van der Waals surface area contributed by atoms with Crippen molar-refractivity contribution in [2.24, 2.45) is 5.73 Å². The number of furan rings is 1. The maximum Gasteiger partial charge on any atom is 0.108 e. The number of rotatable bonds is 3. The van der Waals surface area contributed by atoms with Crippen LogP contribution >= 0.6 is 11.3 Å². The lowest BCUT2D eigenvalue weighted by molar-refractivity contribution is 0.509. The van der Waals surface area contributed by atoms with E-state index in [2.05, 4.69) is 26.8 Å². The molecule has 0 saturated carbocycles. The topological polar surface area (TPSA) is 39.2 Å². The average Bonchev–Trinajstić information content (AvgIpc) is 2.83. The average molecular weight is 235 g/mol. The third-order valence-corrected chi connectivity index (χ3v) is 4.03. The Kier molecular flexibility index (Phi) is 3.17. The molecule has 2 nitrogen and oxygen atoms in total. The summed E-state index contributed by atoms with van der Waals surface area (Å²) in [6.45, 7) is 6.32. The molecule has 0 aliphatic heterocycles. The van der Waals surface area contributed by atoms with E-state index >= 15 is 0 Å². The van der Waals surface area contributed by atoms with Gasteiger partial charge in [-0.05, 0) is 31.5 Å². The fourth-order valence-corrected chi connectivity index (χ4v) is 3.08. The summed E-state index contributed by atoms with van der Waals surface area (Å²) >= 11 is 1.77. The quantitative estimate of drug-likeness (QED) is 0.883. The number of hydrogen-bond donors (Lipinski definition) is 1. The number of hydrogen-bond acceptors (Lipinski definition) is 3. The first-order valence-corrected chi connectivity index (χ1v) is 6.34. The van der Waals surface area contributed by atoms with E-state index in [9.17, 15) is 0 Å². The molecular formula is C13H17NOS. The second-order valence-electron chi connectivity index (χ2n) is 4.03. The monoisotopic (exact) mass is 235 g/mol. The molecule has 86 valence electrons. The summed E-state index contributed by atoms with van der Waals surface area (Å²) in [7, 11) is 0. The summed E-state index contributed by atoms with van der Waals surface area (Å²) in [6, 6.07) is 4.12. The minimum atomic E-state index is -0.0487. The van der Waals surface area contributed by atoms with Crippen LogP contribution in [0.3, 0.4) is 0 Å². The zero-order chi connectivity index (χ0) is 11.7. The van der Waals surface area contributed by atoms with Crippen LogP contribution in [0.2, 0.25) is 0 Å². The minimum absolute atomic E-state index is 0.0487. The van der Waals surface area contributed by atoms with Gasteiger partial charge in [0.25, 0.3) is 0 Å². The fourth-order valence-electron chi connectivity index (χ4n) is 2.02. The maximum atomic E-state index is 6.30. The van der Waals surface area contributed by atoms with Gasteiger partial charge < -0.3 is 10.2 Å². The van der Waals surface area contributed by atoms with E-state index in [1.54, 1.807) is 17.6 Å². The van der Waals surface area contributed by atoms with Gasteiger partial charge in [0, 0.05) is 21.7 Å². The Morgan fingerprint density at radius 1 is 1.44 bits per heavy atom. The van der Waals surface area contributed by atoms with Crippen molar-refractivity contribution in [3.63, 3.8) is 0 Å². The summed E-state index contributed by atoms with van der Waals surface area (Å²) in [5.74, 6) is 0.998. The van der Waals surface area contributed by atoms with E-state index in [-0.39, 0.29) is 6.04 Å². The van der Waals surface area contributed by atoms with Crippen LogP contribution in [-0.2, 0) is 6.42 Å². The van der Waals surface area contributed by atoms with E-state index in [4.69, 9.17) is 10.2 Å². The van der Waals surface area contributed by atoms with Gasteiger partial charge in [-0.15, -0.1) is 11.3 Å². The Hall–Kier alpha value is -1.06. The van der Waals surface area contributed by atoms with Crippen molar-refractivity contribution in [3.8, 4) is 0 Å². The molecule has 0 amide bonds. The fraction of sp³-hybridized carbons (Fsp3) is 0.385. The predicted octanol–water partition coefficient (Wildman–Crippen LogP) is 3.57. The highest BCUT2D eigenvalue weighted by Gasteiger charge is 2.18. The first-order chi connectivity index (χ1) is 7.63. The van der Waals surface area contributed by atoms with Gasteiger partial charge in [-0.2, -0.15) is 0 Å². The van der Waals surface area contributed by atoms with E-state index in [1.807, 2.05) is 6.07 Å². The van der Waals surface area contributed by atoms with Gasteiger partial charge in [0.1, 0.15) is 5.76 Å². The SMILES string of the molecule is CCc1occc1C(N)c1sc(C)cc1C. The molecule has 0 spiro atoms. The summed E-state index contributed by atoms with van der Waals surface area (Å²) in [5, 5.41) is 0. The number of thiophene rings is 1. The summed E-state index contributed by atoms with van der Waals surface area (Å²) in [5.41, 5.74) is 8.70. The van der Waals surface area contributed by atoms with E-state index in [0.717, 1.165) is 17.7 Å². The van der Waals surface area contributed by atoms with Gasteiger partial charge in [-0.3, -0.25) is 0 Å². The van der Waals surface area contributed by atoms with Crippen molar-refractivity contribution in [1.82, 2.24) is 0 Å². The van der Waals surface area contributed by atoms with Crippen molar-refractivity contribution >= 4 is 11.3 Å². The number of aryl methyl sites for hydroxylation is 3. The Morgan fingerprint density at radius 3 is 2.75 bits per heavy atom. The van der Waals surface area contributed by atoms with Crippen LogP contribution in [-0.4, -0.2) is 0 Å². The molecule has 1 unspecified atom stereocenters. The van der Waals surface area contributed by atoms with Gasteiger partial charge in [0.15, 0.2) is 0 Å². The molecule has 0 radical (unpaired) electrons. The van der Waals surface area contributed by atoms with Crippen LogP contribution in [0.15, 0.2) is 22.8 Å². The minimum Gasteiger partial charge on any atom is -0.469 e. The van der Waals surface area contributed by atoms with Gasteiger partial charge in [-0.1, -0.05) is 6.92 Å². The van der Waals surface area contributed by atoms with E-state index in [1.165, 1.54) is 15.3 Å². The standard InChI is InChI=1S/C13H17NOS/c1-4-11-10(5-6-15-11)12(14)13-8(2)7-9(3)16-13/h5-7,12H,4,14H2,1-3H3. The molecule has 2 aromatic rings. The summed E-state index contributed by atoms with van der Waals surface area (Å²) in [6.07, 6.45) is 2.61. The second kappa shape index (κ2) is 4.44. The summed E-state index contributed by atoms with van der Waals surface area (Å²) < 4.78 is 5.43. The van der Waals surface area contributed by atoms with E-state index in [0.29, 0.717) is 0 Å². The highest BCUT2D eigenvalue weighted by Crippen LogP contribution is 2.32. The Balaban J connectivity index is 2.38. The molecule has 1 atom stereocenters. The van der Waals surface area contributed by atoms with Crippen molar-refractivity contribution in [3.05, 3.63) is 45.0 Å². The van der Waals surface area contributed by atoms with Gasteiger partial charge >= 0.3 is 0 Å². The second-order valence-corrected chi connectivity index (χ2v) is 5.32. The van der Waals surface area contributed by atoms with Crippen molar-refractivity contribution in [2.45, 2.75) is 33.2 Å². The molecular weight excluding hydrogens is 218 g/mol. The Labute approximate surface area is 100 Å². The van der Waals surface area contributed by atoms with Crippen molar-refractivity contribution in [2.75, 3.05) is 0 Å². The van der Waals surface area contributed by atoms with E-state index < -0.39 is 0 Å². The highest BCUT2D eigenvalue weighted by atomic mass is 32.1. The third kappa shape index (κ3) is 1.93. The summed E-state index contributed by atoms with van der Waals surface area (Å²) in [4.78, 5) is 2.55. The van der Waals surface area contributed by atoms with Crippen molar-refractivity contribution < 1.29 is 4.42 Å². The van der Waals surface area contributed by atoms with Gasteiger partial charge in [0.2, 0.25) is 0 Å². The van der Waals surface area contributed by atoms with Crippen LogP contribution in [0, 0.1) is 13.8 Å². The van der Waals surface area contributed by atoms with Crippen LogP contribution in [0.4, 0.5) is 0 Å².